The number of aliphatic hydroxyl groups is 1. The first-order valence-electron chi connectivity index (χ1n) is 5.12. The number of carbonyl (C=O) groups is 1. The second kappa shape index (κ2) is 5.95. The van der Waals surface area contributed by atoms with Crippen molar-refractivity contribution in [2.45, 2.75) is 19.4 Å². The molecule has 0 bridgehead atoms. The van der Waals surface area contributed by atoms with Crippen molar-refractivity contribution in [2.24, 2.45) is 0 Å². The zero-order valence-corrected chi connectivity index (χ0v) is 9.33. The van der Waals surface area contributed by atoms with E-state index in [-0.39, 0.29) is 18.7 Å². The third kappa shape index (κ3) is 3.84. The summed E-state index contributed by atoms with van der Waals surface area (Å²) in [7, 11) is 0. The Hall–Kier alpha value is -1.95. The Morgan fingerprint density at radius 3 is 2.53 bits per heavy atom. The van der Waals surface area contributed by atoms with E-state index in [0.29, 0.717) is 5.56 Å². The van der Waals surface area contributed by atoms with Crippen LogP contribution in [0.2, 0.25) is 0 Å². The lowest BCUT2D eigenvalue weighted by Gasteiger charge is -2.09. The molecule has 1 N–H and O–H groups in total. The van der Waals surface area contributed by atoms with Crippen molar-refractivity contribution >= 4 is 11.7 Å². The molecule has 0 saturated heterocycles. The summed E-state index contributed by atoms with van der Waals surface area (Å²) < 4.78 is 4.69. The fourth-order valence-electron chi connectivity index (χ4n) is 1.31. The minimum absolute atomic E-state index is 0.0583. The van der Waals surface area contributed by atoms with Crippen molar-refractivity contribution in [3.05, 3.63) is 39.9 Å². The predicted molar refractivity (Wildman–Crippen MR) is 59.3 cm³/mol. The van der Waals surface area contributed by atoms with E-state index in [9.17, 15) is 20.0 Å². The Morgan fingerprint density at radius 1 is 1.47 bits per heavy atom. The van der Waals surface area contributed by atoms with Crippen LogP contribution in [0.5, 0.6) is 0 Å². The first-order valence-corrected chi connectivity index (χ1v) is 5.12. The van der Waals surface area contributed by atoms with Gasteiger partial charge in [-0.25, -0.2) is 0 Å². The summed E-state index contributed by atoms with van der Waals surface area (Å²) in [4.78, 5) is 21.0. The number of non-ortho nitro benzene ring substituents is 1. The van der Waals surface area contributed by atoms with Gasteiger partial charge >= 0.3 is 5.97 Å². The van der Waals surface area contributed by atoms with Gasteiger partial charge in [0.25, 0.3) is 5.69 Å². The summed E-state index contributed by atoms with van der Waals surface area (Å²) in [5.41, 5.74) is 0.390. The fraction of sp³-hybridized carbons (Fsp3) is 0.364. The highest BCUT2D eigenvalue weighted by atomic mass is 16.6. The lowest BCUT2D eigenvalue weighted by Crippen LogP contribution is -2.10. The molecule has 6 nitrogen and oxygen atoms in total. The number of benzene rings is 1. The first kappa shape index (κ1) is 13.1. The second-order valence-corrected chi connectivity index (χ2v) is 3.37. The number of nitro benzene ring substituents is 1. The average molecular weight is 239 g/mol. The minimum Gasteiger partial charge on any atom is -0.466 e. The predicted octanol–water partition coefficient (Wildman–Crippen LogP) is 1.58. The molecule has 0 amide bonds. The molecule has 0 radical (unpaired) electrons. The average Bonchev–Trinajstić information content (AvgIpc) is 2.29. The summed E-state index contributed by atoms with van der Waals surface area (Å²) in [5.74, 6) is -0.502. The molecule has 0 unspecified atom stereocenters. The molecule has 0 aromatic heterocycles. The summed E-state index contributed by atoms with van der Waals surface area (Å²) in [6.07, 6.45) is -1.17. The molecular formula is C11H13NO5. The number of nitro groups is 1. The van der Waals surface area contributed by atoms with Gasteiger partial charge in [-0.15, -0.1) is 0 Å². The minimum atomic E-state index is -1.00. The molecule has 0 spiro atoms. The van der Waals surface area contributed by atoms with E-state index >= 15 is 0 Å². The molecule has 0 heterocycles. The molecule has 17 heavy (non-hydrogen) atoms. The van der Waals surface area contributed by atoms with Crippen LogP contribution in [0.25, 0.3) is 0 Å². The summed E-state index contributed by atoms with van der Waals surface area (Å²) in [5, 5.41) is 20.1. The van der Waals surface area contributed by atoms with Crippen molar-refractivity contribution in [3.8, 4) is 0 Å². The van der Waals surface area contributed by atoms with Gasteiger partial charge in [0.1, 0.15) is 0 Å². The monoisotopic (exact) mass is 239 g/mol. The Labute approximate surface area is 98.0 Å². The first-order chi connectivity index (χ1) is 8.04. The van der Waals surface area contributed by atoms with Crippen molar-refractivity contribution in [1.82, 2.24) is 0 Å². The van der Waals surface area contributed by atoms with Crippen molar-refractivity contribution in [1.29, 1.82) is 0 Å². The molecular weight excluding hydrogens is 226 g/mol. The van der Waals surface area contributed by atoms with Gasteiger partial charge in [-0.3, -0.25) is 14.9 Å². The standard InChI is InChI=1S/C11H13NO5/c1-2-17-11(14)7-10(13)8-3-5-9(6-4-8)12(15)16/h3-6,10,13H,2,7H2,1H3/t10-/m0/s1. The van der Waals surface area contributed by atoms with E-state index in [0.717, 1.165) is 0 Å². The third-order valence-corrected chi connectivity index (χ3v) is 2.15. The lowest BCUT2D eigenvalue weighted by molar-refractivity contribution is -0.384. The van der Waals surface area contributed by atoms with Crippen LogP contribution in [0, 0.1) is 10.1 Å². The molecule has 1 atom stereocenters. The zero-order chi connectivity index (χ0) is 12.8. The quantitative estimate of drug-likeness (QED) is 0.478. The van der Waals surface area contributed by atoms with Crippen LogP contribution in [0.1, 0.15) is 25.0 Å². The van der Waals surface area contributed by atoms with Gasteiger partial charge in [0.15, 0.2) is 0 Å². The summed E-state index contributed by atoms with van der Waals surface area (Å²) in [6, 6.07) is 5.40. The Bertz CT molecular complexity index is 401. The number of hydrogen-bond donors (Lipinski definition) is 1. The van der Waals surface area contributed by atoms with Gasteiger partial charge in [-0.2, -0.15) is 0 Å². The van der Waals surface area contributed by atoms with Crippen LogP contribution in [0.4, 0.5) is 5.69 Å². The number of carbonyl (C=O) groups excluding carboxylic acids is 1. The smallest absolute Gasteiger partial charge is 0.308 e. The van der Waals surface area contributed by atoms with E-state index in [2.05, 4.69) is 4.74 Å². The van der Waals surface area contributed by atoms with Gasteiger partial charge in [0, 0.05) is 12.1 Å². The Balaban J connectivity index is 2.66. The van der Waals surface area contributed by atoms with E-state index in [4.69, 9.17) is 0 Å². The summed E-state index contributed by atoms with van der Waals surface area (Å²) in [6.45, 7) is 1.93. The van der Waals surface area contributed by atoms with Crippen molar-refractivity contribution < 1.29 is 19.6 Å². The Morgan fingerprint density at radius 2 is 2.06 bits per heavy atom. The normalized spacial score (nSPS) is 11.9. The van der Waals surface area contributed by atoms with Crippen LogP contribution in [0.15, 0.2) is 24.3 Å². The number of rotatable bonds is 5. The molecule has 1 aromatic carbocycles. The van der Waals surface area contributed by atoms with Gasteiger partial charge in [-0.05, 0) is 24.6 Å². The molecule has 6 heteroatoms. The maximum absolute atomic E-state index is 11.1. The maximum atomic E-state index is 11.1. The number of ether oxygens (including phenoxy) is 1. The van der Waals surface area contributed by atoms with Crippen molar-refractivity contribution in [2.75, 3.05) is 6.61 Å². The van der Waals surface area contributed by atoms with Crippen LogP contribution < -0.4 is 0 Å². The van der Waals surface area contributed by atoms with Crippen molar-refractivity contribution in [3.63, 3.8) is 0 Å². The zero-order valence-electron chi connectivity index (χ0n) is 9.33. The van der Waals surface area contributed by atoms with Crippen LogP contribution in [-0.4, -0.2) is 22.6 Å². The molecule has 0 aliphatic carbocycles. The molecule has 0 saturated carbocycles. The lowest BCUT2D eigenvalue weighted by atomic mass is 10.1. The number of aliphatic hydroxyl groups excluding tert-OH is 1. The van der Waals surface area contributed by atoms with E-state index in [1.165, 1.54) is 24.3 Å². The molecule has 0 aliphatic heterocycles. The van der Waals surface area contributed by atoms with E-state index in [1.54, 1.807) is 6.92 Å². The van der Waals surface area contributed by atoms with Gasteiger partial charge < -0.3 is 9.84 Å². The molecule has 92 valence electrons. The number of hydrogen-bond acceptors (Lipinski definition) is 5. The highest BCUT2D eigenvalue weighted by molar-refractivity contribution is 5.70. The molecule has 1 aromatic rings. The van der Waals surface area contributed by atoms with Crippen LogP contribution in [-0.2, 0) is 9.53 Å². The Kier molecular flexibility index (Phi) is 4.59. The number of esters is 1. The van der Waals surface area contributed by atoms with Gasteiger partial charge in [0.05, 0.1) is 24.1 Å². The molecule has 1 rings (SSSR count). The molecule has 0 aliphatic rings. The molecule has 0 fully saturated rings. The number of nitrogens with zero attached hydrogens (tertiary/aromatic N) is 1. The largest absolute Gasteiger partial charge is 0.466 e. The van der Waals surface area contributed by atoms with E-state index < -0.39 is 17.0 Å². The van der Waals surface area contributed by atoms with Crippen LogP contribution >= 0.6 is 0 Å². The fourth-order valence-corrected chi connectivity index (χ4v) is 1.31. The topological polar surface area (TPSA) is 89.7 Å². The third-order valence-electron chi connectivity index (χ3n) is 2.15. The SMILES string of the molecule is CCOC(=O)C[C@H](O)c1ccc([N+](=O)[O-])cc1. The van der Waals surface area contributed by atoms with E-state index in [1.807, 2.05) is 0 Å². The highest BCUT2D eigenvalue weighted by Gasteiger charge is 2.15. The highest BCUT2D eigenvalue weighted by Crippen LogP contribution is 2.20. The van der Waals surface area contributed by atoms with Gasteiger partial charge in [0.2, 0.25) is 0 Å². The summed E-state index contributed by atoms with van der Waals surface area (Å²) >= 11 is 0. The second-order valence-electron chi connectivity index (χ2n) is 3.37. The maximum Gasteiger partial charge on any atom is 0.308 e. The van der Waals surface area contributed by atoms with Crippen LogP contribution in [0.3, 0.4) is 0 Å². The van der Waals surface area contributed by atoms with Gasteiger partial charge in [-0.1, -0.05) is 0 Å².